The number of rotatable bonds is 3. The maximum absolute atomic E-state index is 5.36. The van der Waals surface area contributed by atoms with Gasteiger partial charge in [0.15, 0.2) is 0 Å². The molecular formula is C25H21NOS. The number of aromatic nitrogens is 1. The number of H-pyrrole nitrogens is 1. The summed E-state index contributed by atoms with van der Waals surface area (Å²) in [5, 5.41) is 2.59. The van der Waals surface area contributed by atoms with E-state index in [1.807, 2.05) is 23.5 Å². The largest absolute Gasteiger partial charge is 0.497 e. The van der Waals surface area contributed by atoms with E-state index in [9.17, 15) is 0 Å². The molecule has 3 heteroatoms. The molecule has 2 heterocycles. The van der Waals surface area contributed by atoms with Crippen LogP contribution in [0.5, 0.6) is 5.75 Å². The summed E-state index contributed by atoms with van der Waals surface area (Å²) in [6.45, 7) is 4.37. The van der Waals surface area contributed by atoms with Gasteiger partial charge >= 0.3 is 0 Å². The summed E-state index contributed by atoms with van der Waals surface area (Å²) in [6.07, 6.45) is 0. The molecule has 0 bridgehead atoms. The molecule has 138 valence electrons. The topological polar surface area (TPSA) is 25.0 Å². The Morgan fingerprint density at radius 1 is 0.857 bits per heavy atom. The van der Waals surface area contributed by atoms with Gasteiger partial charge in [0.1, 0.15) is 5.75 Å². The predicted octanol–water partition coefficient (Wildman–Crippen LogP) is 7.34. The Morgan fingerprint density at radius 3 is 2.39 bits per heavy atom. The molecule has 0 aliphatic rings. The lowest BCUT2D eigenvalue weighted by Gasteiger charge is -2.07. The van der Waals surface area contributed by atoms with E-state index >= 15 is 0 Å². The normalized spacial score (nSPS) is 11.4. The second-order valence-corrected chi connectivity index (χ2v) is 8.26. The molecule has 0 saturated carbocycles. The molecule has 5 aromatic rings. The zero-order valence-electron chi connectivity index (χ0n) is 16.2. The van der Waals surface area contributed by atoms with Gasteiger partial charge in [-0.3, -0.25) is 0 Å². The molecule has 0 aliphatic carbocycles. The van der Waals surface area contributed by atoms with Crippen molar-refractivity contribution in [1.82, 2.24) is 4.98 Å². The summed E-state index contributed by atoms with van der Waals surface area (Å²) >= 11 is 1.86. The SMILES string of the molecule is COc1ccc(-c2c(-c3sc4ccccc4c3C)[nH]c3ccc(C)cc23)cc1. The second-order valence-electron chi connectivity index (χ2n) is 7.20. The van der Waals surface area contributed by atoms with E-state index < -0.39 is 0 Å². The Balaban J connectivity index is 1.83. The van der Waals surface area contributed by atoms with E-state index in [4.69, 9.17) is 4.74 Å². The fraction of sp³-hybridized carbons (Fsp3) is 0.120. The summed E-state index contributed by atoms with van der Waals surface area (Å²) in [6, 6.07) is 23.6. The van der Waals surface area contributed by atoms with E-state index in [1.54, 1.807) is 7.11 Å². The predicted molar refractivity (Wildman–Crippen MR) is 121 cm³/mol. The van der Waals surface area contributed by atoms with Gasteiger partial charge in [0.05, 0.1) is 17.7 Å². The van der Waals surface area contributed by atoms with Gasteiger partial charge in [0.2, 0.25) is 0 Å². The van der Waals surface area contributed by atoms with Crippen LogP contribution in [-0.4, -0.2) is 12.1 Å². The van der Waals surface area contributed by atoms with Crippen LogP contribution >= 0.6 is 11.3 Å². The first kappa shape index (κ1) is 17.1. The molecule has 3 aromatic carbocycles. The fourth-order valence-electron chi connectivity index (χ4n) is 3.95. The second kappa shape index (κ2) is 6.54. The number of hydrogen-bond donors (Lipinski definition) is 1. The smallest absolute Gasteiger partial charge is 0.118 e. The van der Waals surface area contributed by atoms with Gasteiger partial charge in [0, 0.05) is 21.2 Å². The van der Waals surface area contributed by atoms with E-state index in [0.29, 0.717) is 0 Å². The van der Waals surface area contributed by atoms with Crippen LogP contribution in [0.25, 0.3) is 42.7 Å². The molecule has 0 unspecified atom stereocenters. The Kier molecular flexibility index (Phi) is 3.99. The van der Waals surface area contributed by atoms with Crippen LogP contribution in [0, 0.1) is 13.8 Å². The van der Waals surface area contributed by atoms with Crippen molar-refractivity contribution in [2.24, 2.45) is 0 Å². The zero-order chi connectivity index (χ0) is 19.3. The molecule has 0 fully saturated rings. The number of ether oxygens (including phenoxy) is 1. The van der Waals surface area contributed by atoms with Crippen LogP contribution in [0.3, 0.4) is 0 Å². The van der Waals surface area contributed by atoms with Gasteiger partial charge in [-0.2, -0.15) is 0 Å². The number of hydrogen-bond acceptors (Lipinski definition) is 2. The standard InChI is InChI=1S/C25H21NOS/c1-15-8-13-21-20(14-15)23(17-9-11-18(27-3)12-10-17)24(26-21)25-16(2)19-6-4-5-7-22(19)28-25/h4-14,26H,1-3H3. The lowest BCUT2D eigenvalue weighted by molar-refractivity contribution is 0.415. The Hall–Kier alpha value is -3.04. The molecule has 2 nitrogen and oxygen atoms in total. The van der Waals surface area contributed by atoms with Gasteiger partial charge in [-0.15, -0.1) is 11.3 Å². The summed E-state index contributed by atoms with van der Waals surface area (Å²) in [4.78, 5) is 5.02. The first-order chi connectivity index (χ1) is 13.7. The van der Waals surface area contributed by atoms with Crippen LogP contribution in [0.4, 0.5) is 0 Å². The molecule has 0 saturated heterocycles. The Bertz CT molecular complexity index is 1310. The third-order valence-electron chi connectivity index (χ3n) is 5.40. The van der Waals surface area contributed by atoms with Crippen LogP contribution < -0.4 is 4.74 Å². The summed E-state index contributed by atoms with van der Waals surface area (Å²) in [7, 11) is 1.70. The number of benzene rings is 3. The zero-order valence-corrected chi connectivity index (χ0v) is 17.0. The number of aromatic amines is 1. The Labute approximate surface area is 168 Å². The van der Waals surface area contributed by atoms with Crippen LogP contribution in [-0.2, 0) is 0 Å². The molecule has 5 rings (SSSR count). The summed E-state index contributed by atoms with van der Waals surface area (Å²) < 4.78 is 6.69. The van der Waals surface area contributed by atoms with E-state index in [2.05, 4.69) is 73.4 Å². The van der Waals surface area contributed by atoms with Crippen molar-refractivity contribution >= 4 is 32.3 Å². The van der Waals surface area contributed by atoms with Crippen molar-refractivity contribution < 1.29 is 4.74 Å². The molecule has 0 spiro atoms. The van der Waals surface area contributed by atoms with Gasteiger partial charge < -0.3 is 9.72 Å². The molecule has 0 aliphatic heterocycles. The van der Waals surface area contributed by atoms with Crippen molar-refractivity contribution in [1.29, 1.82) is 0 Å². The van der Waals surface area contributed by atoms with Crippen LogP contribution in [0.1, 0.15) is 11.1 Å². The third-order valence-corrected chi connectivity index (χ3v) is 6.69. The van der Waals surface area contributed by atoms with Gasteiger partial charge in [0.25, 0.3) is 0 Å². The number of fused-ring (bicyclic) bond motifs is 2. The average Bonchev–Trinajstić information content (AvgIpc) is 3.26. The summed E-state index contributed by atoms with van der Waals surface area (Å²) in [5.74, 6) is 0.874. The van der Waals surface area contributed by atoms with Crippen molar-refractivity contribution in [2.45, 2.75) is 13.8 Å². The lowest BCUT2D eigenvalue weighted by atomic mass is 9.99. The third kappa shape index (κ3) is 2.62. The van der Waals surface area contributed by atoms with E-state index in [-0.39, 0.29) is 0 Å². The molecular weight excluding hydrogens is 362 g/mol. The molecule has 0 amide bonds. The molecule has 0 radical (unpaired) electrons. The van der Waals surface area contributed by atoms with E-state index in [1.165, 1.54) is 53.8 Å². The lowest BCUT2D eigenvalue weighted by Crippen LogP contribution is -1.85. The number of nitrogens with one attached hydrogen (secondary N) is 1. The minimum absolute atomic E-state index is 0.874. The quantitative estimate of drug-likeness (QED) is 0.346. The first-order valence-corrected chi connectivity index (χ1v) is 10.2. The summed E-state index contributed by atoms with van der Waals surface area (Å²) in [5.41, 5.74) is 7.42. The van der Waals surface area contributed by atoms with Gasteiger partial charge in [-0.05, 0) is 60.7 Å². The average molecular weight is 384 g/mol. The number of thiophene rings is 1. The highest BCUT2D eigenvalue weighted by Gasteiger charge is 2.19. The van der Waals surface area contributed by atoms with Crippen LogP contribution in [0.2, 0.25) is 0 Å². The highest BCUT2D eigenvalue weighted by molar-refractivity contribution is 7.22. The Morgan fingerprint density at radius 2 is 1.64 bits per heavy atom. The van der Waals surface area contributed by atoms with Crippen LogP contribution in [0.15, 0.2) is 66.7 Å². The van der Waals surface area contributed by atoms with Crippen molar-refractivity contribution in [3.8, 4) is 27.4 Å². The molecule has 2 aromatic heterocycles. The maximum atomic E-state index is 5.36. The number of methoxy groups -OCH3 is 1. The monoisotopic (exact) mass is 383 g/mol. The maximum Gasteiger partial charge on any atom is 0.118 e. The van der Waals surface area contributed by atoms with E-state index in [0.717, 1.165) is 5.75 Å². The minimum atomic E-state index is 0.874. The molecule has 28 heavy (non-hydrogen) atoms. The van der Waals surface area contributed by atoms with Gasteiger partial charge in [-0.1, -0.05) is 42.0 Å². The van der Waals surface area contributed by atoms with Crippen molar-refractivity contribution in [3.05, 3.63) is 77.9 Å². The highest BCUT2D eigenvalue weighted by atomic mass is 32.1. The van der Waals surface area contributed by atoms with Gasteiger partial charge in [-0.25, -0.2) is 0 Å². The fourth-order valence-corrected chi connectivity index (χ4v) is 5.16. The number of aryl methyl sites for hydroxylation is 2. The molecule has 0 atom stereocenters. The highest BCUT2D eigenvalue weighted by Crippen LogP contribution is 2.45. The van der Waals surface area contributed by atoms with Crippen molar-refractivity contribution in [3.63, 3.8) is 0 Å². The van der Waals surface area contributed by atoms with Crippen molar-refractivity contribution in [2.75, 3.05) is 7.11 Å². The minimum Gasteiger partial charge on any atom is -0.497 e. The molecule has 1 N–H and O–H groups in total. The first-order valence-electron chi connectivity index (χ1n) is 9.41.